The lowest BCUT2D eigenvalue weighted by atomic mass is 9.94. The van der Waals surface area contributed by atoms with E-state index in [1.54, 1.807) is 11.3 Å². The van der Waals surface area contributed by atoms with Crippen molar-refractivity contribution < 1.29 is 5.11 Å². The van der Waals surface area contributed by atoms with Gasteiger partial charge in [0.1, 0.15) is 0 Å². The molecule has 0 spiro atoms. The summed E-state index contributed by atoms with van der Waals surface area (Å²) >= 11 is 1.72. The average Bonchev–Trinajstić information content (AvgIpc) is 3.11. The van der Waals surface area contributed by atoms with Crippen LogP contribution in [0.1, 0.15) is 38.5 Å². The first-order valence-electron chi connectivity index (χ1n) is 7.34. The summed E-state index contributed by atoms with van der Waals surface area (Å²) in [6.45, 7) is 2.44. The average molecular weight is 281 g/mol. The lowest BCUT2D eigenvalue weighted by molar-refractivity contribution is 0.144. The minimum atomic E-state index is 0.0218. The third-order valence-corrected chi connectivity index (χ3v) is 5.39. The Labute approximate surface area is 118 Å². The van der Waals surface area contributed by atoms with Gasteiger partial charge in [0, 0.05) is 36.2 Å². The first kappa shape index (κ1) is 13.3. The fourth-order valence-electron chi connectivity index (χ4n) is 3.42. The molecular formula is C14H23N3OS. The molecule has 1 saturated carbocycles. The van der Waals surface area contributed by atoms with Crippen molar-refractivity contribution in [1.29, 1.82) is 0 Å². The predicted octanol–water partition coefficient (Wildman–Crippen LogP) is 2.01. The van der Waals surface area contributed by atoms with Crippen LogP contribution < -0.4 is 10.2 Å². The summed E-state index contributed by atoms with van der Waals surface area (Å²) in [5.41, 5.74) is 0.0218. The quantitative estimate of drug-likeness (QED) is 0.886. The number of rotatable bonds is 4. The molecule has 1 aromatic heterocycles. The van der Waals surface area contributed by atoms with Gasteiger partial charge in [-0.1, -0.05) is 12.8 Å². The Balaban J connectivity index is 1.53. The van der Waals surface area contributed by atoms with Gasteiger partial charge in [0.15, 0.2) is 5.13 Å². The van der Waals surface area contributed by atoms with Crippen molar-refractivity contribution in [3.63, 3.8) is 0 Å². The van der Waals surface area contributed by atoms with Crippen molar-refractivity contribution in [2.45, 2.75) is 50.1 Å². The number of hydrogen-bond donors (Lipinski definition) is 2. The van der Waals surface area contributed by atoms with Gasteiger partial charge in [0.2, 0.25) is 0 Å². The largest absolute Gasteiger partial charge is 0.394 e. The molecule has 1 saturated heterocycles. The van der Waals surface area contributed by atoms with Gasteiger partial charge in [-0.2, -0.15) is 0 Å². The minimum absolute atomic E-state index is 0.0218. The highest BCUT2D eigenvalue weighted by atomic mass is 32.1. The van der Waals surface area contributed by atoms with Gasteiger partial charge in [0.05, 0.1) is 6.61 Å². The zero-order valence-corrected chi connectivity index (χ0v) is 12.2. The molecular weight excluding hydrogens is 258 g/mol. The highest BCUT2D eigenvalue weighted by Gasteiger charge is 2.35. The second-order valence-electron chi connectivity index (χ2n) is 5.87. The van der Waals surface area contributed by atoms with E-state index in [-0.39, 0.29) is 5.54 Å². The predicted molar refractivity (Wildman–Crippen MR) is 78.8 cm³/mol. The summed E-state index contributed by atoms with van der Waals surface area (Å²) < 4.78 is 0. The molecule has 0 radical (unpaired) electrons. The molecule has 5 heteroatoms. The smallest absolute Gasteiger partial charge is 0.185 e. The molecule has 0 amide bonds. The van der Waals surface area contributed by atoms with Crippen LogP contribution in [0, 0.1) is 0 Å². The number of anilines is 1. The standard InChI is InChI=1S/C14H23N3OS/c18-11-14(5-1-2-6-14)16-12-3-8-17(9-4-12)13-15-7-10-19-13/h7,10,12,16,18H,1-6,8-9,11H2. The highest BCUT2D eigenvalue weighted by Crippen LogP contribution is 2.31. The van der Waals surface area contributed by atoms with E-state index in [0.717, 1.165) is 43.9 Å². The van der Waals surface area contributed by atoms with E-state index >= 15 is 0 Å². The van der Waals surface area contributed by atoms with E-state index in [2.05, 4.69) is 15.2 Å². The Morgan fingerprint density at radius 3 is 2.68 bits per heavy atom. The van der Waals surface area contributed by atoms with Gasteiger partial charge < -0.3 is 15.3 Å². The van der Waals surface area contributed by atoms with Crippen LogP contribution >= 0.6 is 11.3 Å². The van der Waals surface area contributed by atoms with Gasteiger partial charge in [-0.3, -0.25) is 0 Å². The van der Waals surface area contributed by atoms with Crippen molar-refractivity contribution in [1.82, 2.24) is 10.3 Å². The number of nitrogens with one attached hydrogen (secondary N) is 1. The van der Waals surface area contributed by atoms with Gasteiger partial charge in [-0.25, -0.2) is 4.98 Å². The summed E-state index contributed by atoms with van der Waals surface area (Å²) in [5, 5.41) is 16.6. The number of aromatic nitrogens is 1. The van der Waals surface area contributed by atoms with Crippen LogP contribution in [0.15, 0.2) is 11.6 Å². The topological polar surface area (TPSA) is 48.4 Å². The molecule has 1 aliphatic heterocycles. The molecule has 19 heavy (non-hydrogen) atoms. The number of aliphatic hydroxyl groups is 1. The normalized spacial score (nSPS) is 23.9. The molecule has 106 valence electrons. The first-order valence-corrected chi connectivity index (χ1v) is 8.22. The summed E-state index contributed by atoms with van der Waals surface area (Å²) in [7, 11) is 0. The third kappa shape index (κ3) is 2.93. The number of aliphatic hydroxyl groups excluding tert-OH is 1. The maximum atomic E-state index is 9.67. The molecule has 0 bridgehead atoms. The molecule has 1 aliphatic carbocycles. The zero-order valence-electron chi connectivity index (χ0n) is 11.3. The van der Waals surface area contributed by atoms with Crippen LogP contribution in [0.2, 0.25) is 0 Å². The van der Waals surface area contributed by atoms with E-state index < -0.39 is 0 Å². The maximum Gasteiger partial charge on any atom is 0.185 e. The Bertz CT molecular complexity index is 381. The van der Waals surface area contributed by atoms with Gasteiger partial charge in [0.25, 0.3) is 0 Å². The van der Waals surface area contributed by atoms with Crippen LogP contribution in [-0.2, 0) is 0 Å². The Kier molecular flexibility index (Phi) is 4.05. The Morgan fingerprint density at radius 1 is 1.37 bits per heavy atom. The van der Waals surface area contributed by atoms with E-state index in [9.17, 15) is 5.11 Å². The molecule has 2 fully saturated rings. The minimum Gasteiger partial charge on any atom is -0.394 e. The molecule has 0 unspecified atom stereocenters. The molecule has 0 aromatic carbocycles. The SMILES string of the molecule is OCC1(NC2CCN(c3nccs3)CC2)CCCC1. The summed E-state index contributed by atoms with van der Waals surface area (Å²) in [5.74, 6) is 0. The van der Waals surface area contributed by atoms with Crippen LogP contribution in [0.3, 0.4) is 0 Å². The van der Waals surface area contributed by atoms with Crippen molar-refractivity contribution in [2.75, 3.05) is 24.6 Å². The summed E-state index contributed by atoms with van der Waals surface area (Å²) in [6, 6.07) is 0.557. The molecule has 2 aliphatic rings. The second-order valence-corrected chi connectivity index (χ2v) is 6.74. The third-order valence-electron chi connectivity index (χ3n) is 4.56. The lowest BCUT2D eigenvalue weighted by Gasteiger charge is -2.38. The Morgan fingerprint density at radius 2 is 2.11 bits per heavy atom. The molecule has 4 nitrogen and oxygen atoms in total. The van der Waals surface area contributed by atoms with E-state index in [1.165, 1.54) is 12.8 Å². The number of hydrogen-bond acceptors (Lipinski definition) is 5. The van der Waals surface area contributed by atoms with Gasteiger partial charge in [-0.05, 0) is 25.7 Å². The second kappa shape index (κ2) is 5.77. The highest BCUT2D eigenvalue weighted by molar-refractivity contribution is 7.13. The molecule has 1 aromatic rings. The lowest BCUT2D eigenvalue weighted by Crippen LogP contribution is -2.54. The molecule has 3 rings (SSSR count). The van der Waals surface area contributed by atoms with Crippen LogP contribution in [0.5, 0.6) is 0 Å². The molecule has 0 atom stereocenters. The molecule has 2 N–H and O–H groups in total. The molecule has 2 heterocycles. The Hall–Kier alpha value is -0.650. The van der Waals surface area contributed by atoms with Gasteiger partial charge >= 0.3 is 0 Å². The first-order chi connectivity index (χ1) is 9.31. The van der Waals surface area contributed by atoms with Gasteiger partial charge in [-0.15, -0.1) is 11.3 Å². The monoisotopic (exact) mass is 281 g/mol. The number of piperidine rings is 1. The van der Waals surface area contributed by atoms with Crippen molar-refractivity contribution in [2.24, 2.45) is 0 Å². The van der Waals surface area contributed by atoms with Crippen molar-refractivity contribution in [3.8, 4) is 0 Å². The maximum absolute atomic E-state index is 9.67. The van der Waals surface area contributed by atoms with Crippen molar-refractivity contribution in [3.05, 3.63) is 11.6 Å². The summed E-state index contributed by atoms with van der Waals surface area (Å²) in [4.78, 5) is 6.76. The van der Waals surface area contributed by atoms with Crippen LogP contribution in [0.25, 0.3) is 0 Å². The van der Waals surface area contributed by atoms with Crippen LogP contribution in [-0.4, -0.2) is 41.4 Å². The summed E-state index contributed by atoms with van der Waals surface area (Å²) in [6.07, 6.45) is 8.97. The number of nitrogens with zero attached hydrogens (tertiary/aromatic N) is 2. The van der Waals surface area contributed by atoms with E-state index in [1.807, 2.05) is 11.6 Å². The number of thiazole rings is 1. The van der Waals surface area contributed by atoms with E-state index in [0.29, 0.717) is 12.6 Å². The van der Waals surface area contributed by atoms with E-state index in [4.69, 9.17) is 0 Å². The van der Waals surface area contributed by atoms with Crippen molar-refractivity contribution >= 4 is 16.5 Å². The zero-order chi connectivity index (χ0) is 13.1. The fraction of sp³-hybridized carbons (Fsp3) is 0.786. The van der Waals surface area contributed by atoms with Crippen LogP contribution in [0.4, 0.5) is 5.13 Å². The fourth-order valence-corrected chi connectivity index (χ4v) is 4.12.